The van der Waals surface area contributed by atoms with Crippen LogP contribution in [0.15, 0.2) is 23.1 Å². The number of aliphatic carboxylic acids is 1. The third kappa shape index (κ3) is 4.85. The van der Waals surface area contributed by atoms with Crippen LogP contribution in [0, 0.1) is 0 Å². The molecule has 10 heteroatoms. The molecule has 1 atom stereocenters. The maximum atomic E-state index is 12.1. The highest BCUT2D eigenvalue weighted by molar-refractivity contribution is 7.89. The maximum absolute atomic E-state index is 12.1. The fraction of sp³-hybridized carbons (Fsp3) is 0.273. The van der Waals surface area contributed by atoms with Crippen molar-refractivity contribution in [2.24, 2.45) is 0 Å². The molecule has 0 saturated heterocycles. The summed E-state index contributed by atoms with van der Waals surface area (Å²) in [5.41, 5.74) is 0. The van der Waals surface area contributed by atoms with Crippen molar-refractivity contribution in [1.29, 1.82) is 0 Å². The van der Waals surface area contributed by atoms with Crippen molar-refractivity contribution in [1.82, 2.24) is 4.72 Å². The SMILES string of the molecule is COC(=O)C[C@H](NS(=O)(=O)c1cc(Cl)ccc1Cl)C(=O)O. The van der Waals surface area contributed by atoms with Gasteiger partial charge in [0.15, 0.2) is 0 Å². The first-order valence-electron chi connectivity index (χ1n) is 5.44. The predicted octanol–water partition coefficient (Wildman–Crippen LogP) is 1.29. The average molecular weight is 356 g/mol. The molecule has 0 amide bonds. The first kappa shape index (κ1) is 17.7. The second-order valence-electron chi connectivity index (χ2n) is 3.87. The zero-order chi connectivity index (χ0) is 16.2. The number of carbonyl (C=O) groups excluding carboxylic acids is 1. The van der Waals surface area contributed by atoms with Gasteiger partial charge in [-0.15, -0.1) is 0 Å². The van der Waals surface area contributed by atoms with Crippen LogP contribution in [0.25, 0.3) is 0 Å². The number of esters is 1. The lowest BCUT2D eigenvalue weighted by Crippen LogP contribution is -2.42. The first-order chi connectivity index (χ1) is 9.67. The smallest absolute Gasteiger partial charge is 0.322 e. The molecule has 21 heavy (non-hydrogen) atoms. The number of nitrogens with one attached hydrogen (secondary N) is 1. The maximum Gasteiger partial charge on any atom is 0.322 e. The van der Waals surface area contributed by atoms with Gasteiger partial charge in [-0.05, 0) is 18.2 Å². The predicted molar refractivity (Wildman–Crippen MR) is 74.8 cm³/mol. The van der Waals surface area contributed by atoms with E-state index in [-0.39, 0.29) is 14.9 Å². The van der Waals surface area contributed by atoms with Crippen molar-refractivity contribution in [3.05, 3.63) is 28.2 Å². The van der Waals surface area contributed by atoms with Crippen LogP contribution >= 0.6 is 23.2 Å². The number of hydrogen-bond donors (Lipinski definition) is 2. The van der Waals surface area contributed by atoms with Crippen molar-refractivity contribution in [2.45, 2.75) is 17.4 Å². The van der Waals surface area contributed by atoms with E-state index < -0.39 is 34.4 Å². The minimum atomic E-state index is -4.27. The van der Waals surface area contributed by atoms with E-state index in [2.05, 4.69) is 4.74 Å². The summed E-state index contributed by atoms with van der Waals surface area (Å²) >= 11 is 11.4. The van der Waals surface area contributed by atoms with Crippen LogP contribution in [-0.2, 0) is 24.3 Å². The molecule has 0 radical (unpaired) electrons. The molecule has 0 saturated carbocycles. The summed E-state index contributed by atoms with van der Waals surface area (Å²) in [6.45, 7) is 0. The molecule has 0 fully saturated rings. The molecule has 0 aliphatic carbocycles. The lowest BCUT2D eigenvalue weighted by Gasteiger charge is -2.14. The number of hydrogen-bond acceptors (Lipinski definition) is 5. The van der Waals surface area contributed by atoms with E-state index in [4.69, 9.17) is 28.3 Å². The number of rotatable bonds is 6. The first-order valence-corrected chi connectivity index (χ1v) is 7.68. The Hall–Kier alpha value is -1.35. The molecule has 0 aromatic heterocycles. The van der Waals surface area contributed by atoms with E-state index >= 15 is 0 Å². The van der Waals surface area contributed by atoms with Gasteiger partial charge in [0.1, 0.15) is 10.9 Å². The molecule has 1 aromatic rings. The van der Waals surface area contributed by atoms with Crippen LogP contribution in [-0.4, -0.2) is 38.6 Å². The fourth-order valence-electron chi connectivity index (χ4n) is 1.36. The molecule has 0 heterocycles. The number of ether oxygens (including phenoxy) is 1. The summed E-state index contributed by atoms with van der Waals surface area (Å²) in [6.07, 6.45) is -0.663. The third-order valence-electron chi connectivity index (χ3n) is 2.38. The van der Waals surface area contributed by atoms with Gasteiger partial charge in [0.2, 0.25) is 10.0 Å². The van der Waals surface area contributed by atoms with Crippen molar-refractivity contribution < 1.29 is 27.9 Å². The van der Waals surface area contributed by atoms with Crippen LogP contribution in [0.5, 0.6) is 0 Å². The number of carboxylic acids is 1. The van der Waals surface area contributed by atoms with E-state index in [9.17, 15) is 18.0 Å². The number of carboxylic acid groups (broad SMARTS) is 1. The Morgan fingerprint density at radius 3 is 2.52 bits per heavy atom. The number of benzene rings is 1. The Balaban J connectivity index is 3.09. The Kier molecular flexibility index (Phi) is 5.97. The lowest BCUT2D eigenvalue weighted by atomic mass is 10.2. The van der Waals surface area contributed by atoms with Gasteiger partial charge in [0.25, 0.3) is 0 Å². The van der Waals surface area contributed by atoms with Gasteiger partial charge in [-0.1, -0.05) is 23.2 Å². The Morgan fingerprint density at radius 1 is 1.38 bits per heavy atom. The minimum Gasteiger partial charge on any atom is -0.480 e. The Bertz CT molecular complexity index is 661. The number of halogens is 2. The van der Waals surface area contributed by atoms with Crippen molar-refractivity contribution in [3.8, 4) is 0 Å². The lowest BCUT2D eigenvalue weighted by molar-refractivity contribution is -0.147. The van der Waals surface area contributed by atoms with E-state index in [1.54, 1.807) is 0 Å². The van der Waals surface area contributed by atoms with E-state index in [1.807, 2.05) is 4.72 Å². The van der Waals surface area contributed by atoms with Gasteiger partial charge in [-0.3, -0.25) is 9.59 Å². The van der Waals surface area contributed by atoms with Gasteiger partial charge >= 0.3 is 11.9 Å². The van der Waals surface area contributed by atoms with Crippen LogP contribution in [0.2, 0.25) is 10.0 Å². The molecule has 116 valence electrons. The molecule has 2 N–H and O–H groups in total. The number of carbonyl (C=O) groups is 2. The van der Waals surface area contributed by atoms with Crippen molar-refractivity contribution in [2.75, 3.05) is 7.11 Å². The second-order valence-corrected chi connectivity index (χ2v) is 6.39. The van der Waals surface area contributed by atoms with Gasteiger partial charge in [-0.25, -0.2) is 8.42 Å². The van der Waals surface area contributed by atoms with E-state index in [0.717, 1.165) is 13.2 Å². The molecule has 0 aliphatic heterocycles. The normalized spacial score (nSPS) is 12.7. The minimum absolute atomic E-state index is 0.111. The summed E-state index contributed by atoms with van der Waals surface area (Å²) in [6, 6.07) is 2.03. The van der Waals surface area contributed by atoms with Crippen LogP contribution in [0.3, 0.4) is 0 Å². The van der Waals surface area contributed by atoms with E-state index in [0.29, 0.717) is 0 Å². The number of methoxy groups -OCH3 is 1. The molecule has 1 rings (SSSR count). The van der Waals surface area contributed by atoms with Gasteiger partial charge in [0.05, 0.1) is 18.6 Å². The molecular formula is C11H11Cl2NO6S. The van der Waals surface area contributed by atoms with Gasteiger partial charge in [0, 0.05) is 5.02 Å². The second kappa shape index (κ2) is 7.08. The van der Waals surface area contributed by atoms with Crippen molar-refractivity contribution >= 4 is 45.2 Å². The largest absolute Gasteiger partial charge is 0.480 e. The quantitative estimate of drug-likeness (QED) is 0.744. The molecule has 0 bridgehead atoms. The van der Waals surface area contributed by atoms with Gasteiger partial charge in [-0.2, -0.15) is 4.72 Å². The third-order valence-corrected chi connectivity index (χ3v) is 4.57. The summed E-state index contributed by atoms with van der Waals surface area (Å²) in [4.78, 5) is 21.7. The van der Waals surface area contributed by atoms with Crippen LogP contribution < -0.4 is 4.72 Å². The summed E-state index contributed by atoms with van der Waals surface area (Å²) in [7, 11) is -3.21. The summed E-state index contributed by atoms with van der Waals surface area (Å²) in [5, 5.41) is 8.94. The average Bonchev–Trinajstić information content (AvgIpc) is 2.40. The highest BCUT2D eigenvalue weighted by Gasteiger charge is 2.29. The molecule has 1 aromatic carbocycles. The molecule has 7 nitrogen and oxygen atoms in total. The molecule has 0 aliphatic rings. The highest BCUT2D eigenvalue weighted by Crippen LogP contribution is 2.25. The Morgan fingerprint density at radius 2 is 2.00 bits per heavy atom. The molecule has 0 unspecified atom stereocenters. The van der Waals surface area contributed by atoms with Crippen LogP contribution in [0.1, 0.15) is 6.42 Å². The zero-order valence-electron chi connectivity index (χ0n) is 10.7. The number of sulfonamides is 1. The highest BCUT2D eigenvalue weighted by atomic mass is 35.5. The Labute approximate surface area is 130 Å². The summed E-state index contributed by atoms with van der Waals surface area (Å²) < 4.78 is 30.4. The summed E-state index contributed by atoms with van der Waals surface area (Å²) in [5.74, 6) is -2.40. The fourth-order valence-corrected chi connectivity index (χ4v) is 3.31. The van der Waals surface area contributed by atoms with Crippen molar-refractivity contribution in [3.63, 3.8) is 0 Å². The standard InChI is InChI=1S/C11H11Cl2NO6S/c1-20-10(15)5-8(11(16)17)14-21(18,19)9-4-6(12)2-3-7(9)13/h2-4,8,14H,5H2,1H3,(H,16,17)/t8-/m0/s1. The molecule has 0 spiro atoms. The zero-order valence-corrected chi connectivity index (χ0v) is 13.0. The monoisotopic (exact) mass is 355 g/mol. The van der Waals surface area contributed by atoms with Crippen LogP contribution in [0.4, 0.5) is 0 Å². The van der Waals surface area contributed by atoms with Gasteiger partial charge < -0.3 is 9.84 Å². The molecular weight excluding hydrogens is 345 g/mol. The van der Waals surface area contributed by atoms with E-state index in [1.165, 1.54) is 12.1 Å². The topological polar surface area (TPSA) is 110 Å².